The summed E-state index contributed by atoms with van der Waals surface area (Å²) >= 11 is 0. The molecule has 0 amide bonds. The van der Waals surface area contributed by atoms with E-state index in [1.54, 1.807) is 7.11 Å². The van der Waals surface area contributed by atoms with Crippen LogP contribution in [0.25, 0.3) is 33.4 Å². The van der Waals surface area contributed by atoms with Crippen LogP contribution in [0.4, 0.5) is 0 Å². The van der Waals surface area contributed by atoms with E-state index < -0.39 is 0 Å². The SMILES string of the molecule is COc1ccccc1-c1oc(-c2c(C)c(C)cc(C)c2C)c2ccccc12. The molecule has 0 bridgehead atoms. The van der Waals surface area contributed by atoms with Crippen molar-refractivity contribution in [3.8, 4) is 28.4 Å². The van der Waals surface area contributed by atoms with Crippen LogP contribution in [-0.2, 0) is 0 Å². The van der Waals surface area contributed by atoms with Gasteiger partial charge in [0.25, 0.3) is 0 Å². The summed E-state index contributed by atoms with van der Waals surface area (Å²) in [5.74, 6) is 2.61. The Bertz CT molecular complexity index is 1120. The second-order valence-electron chi connectivity index (χ2n) is 7.14. The summed E-state index contributed by atoms with van der Waals surface area (Å²) in [4.78, 5) is 0. The van der Waals surface area contributed by atoms with Gasteiger partial charge < -0.3 is 9.15 Å². The molecule has 0 N–H and O–H groups in total. The highest BCUT2D eigenvalue weighted by molar-refractivity contribution is 6.04. The summed E-state index contributed by atoms with van der Waals surface area (Å²) in [5.41, 5.74) is 7.28. The van der Waals surface area contributed by atoms with E-state index in [4.69, 9.17) is 9.15 Å². The van der Waals surface area contributed by atoms with Gasteiger partial charge in [-0.1, -0.05) is 42.5 Å². The van der Waals surface area contributed by atoms with Gasteiger partial charge in [-0.05, 0) is 62.1 Å². The lowest BCUT2D eigenvalue weighted by Gasteiger charge is -2.14. The molecule has 2 heteroatoms. The third-order valence-corrected chi connectivity index (χ3v) is 5.57. The molecule has 0 aliphatic heterocycles. The van der Waals surface area contributed by atoms with Crippen molar-refractivity contribution in [2.24, 2.45) is 0 Å². The van der Waals surface area contributed by atoms with Crippen molar-refractivity contribution in [3.63, 3.8) is 0 Å². The summed E-state index contributed by atoms with van der Waals surface area (Å²) in [6.45, 7) is 8.68. The Labute approximate surface area is 160 Å². The van der Waals surface area contributed by atoms with Crippen molar-refractivity contribution in [3.05, 3.63) is 76.9 Å². The maximum Gasteiger partial charge on any atom is 0.146 e. The minimum atomic E-state index is 0.817. The van der Waals surface area contributed by atoms with Gasteiger partial charge in [0.1, 0.15) is 17.3 Å². The number of fused-ring (bicyclic) bond motifs is 1. The molecule has 0 saturated carbocycles. The third kappa shape index (κ3) is 2.73. The summed E-state index contributed by atoms with van der Waals surface area (Å²) in [6, 6.07) is 18.7. The minimum absolute atomic E-state index is 0.817. The van der Waals surface area contributed by atoms with Gasteiger partial charge in [0.2, 0.25) is 0 Å². The van der Waals surface area contributed by atoms with Crippen LogP contribution in [0.5, 0.6) is 5.75 Å². The van der Waals surface area contributed by atoms with Gasteiger partial charge in [-0.3, -0.25) is 0 Å². The molecule has 0 atom stereocenters. The number of hydrogen-bond donors (Lipinski definition) is 0. The topological polar surface area (TPSA) is 22.4 Å². The molecule has 0 radical (unpaired) electrons. The second kappa shape index (κ2) is 6.62. The molecule has 0 spiro atoms. The third-order valence-electron chi connectivity index (χ3n) is 5.57. The number of aryl methyl sites for hydroxylation is 2. The number of benzene rings is 3. The lowest BCUT2D eigenvalue weighted by molar-refractivity contribution is 0.415. The van der Waals surface area contributed by atoms with Crippen LogP contribution < -0.4 is 4.74 Å². The van der Waals surface area contributed by atoms with Gasteiger partial charge in [-0.15, -0.1) is 0 Å². The largest absolute Gasteiger partial charge is 0.496 e. The van der Waals surface area contributed by atoms with Crippen molar-refractivity contribution < 1.29 is 9.15 Å². The Hall–Kier alpha value is -3.00. The van der Waals surface area contributed by atoms with Crippen molar-refractivity contribution >= 4 is 10.8 Å². The Morgan fingerprint density at radius 1 is 0.704 bits per heavy atom. The van der Waals surface area contributed by atoms with Gasteiger partial charge >= 0.3 is 0 Å². The smallest absolute Gasteiger partial charge is 0.146 e. The zero-order valence-electron chi connectivity index (χ0n) is 16.5. The molecule has 0 saturated heterocycles. The van der Waals surface area contributed by atoms with E-state index >= 15 is 0 Å². The van der Waals surface area contributed by atoms with Gasteiger partial charge in [0, 0.05) is 16.3 Å². The maximum atomic E-state index is 6.57. The van der Waals surface area contributed by atoms with Crippen LogP contribution in [0.1, 0.15) is 22.3 Å². The fourth-order valence-electron chi connectivity index (χ4n) is 3.87. The average Bonchev–Trinajstić information content (AvgIpc) is 3.06. The first-order chi connectivity index (χ1) is 13.0. The van der Waals surface area contributed by atoms with Crippen molar-refractivity contribution in [2.75, 3.05) is 7.11 Å². The predicted octanol–water partition coefficient (Wildman–Crippen LogP) is 7.01. The van der Waals surface area contributed by atoms with Crippen LogP contribution in [0.3, 0.4) is 0 Å². The lowest BCUT2D eigenvalue weighted by Crippen LogP contribution is -1.94. The van der Waals surface area contributed by atoms with E-state index in [0.29, 0.717) is 0 Å². The van der Waals surface area contributed by atoms with Crippen LogP contribution in [-0.4, -0.2) is 7.11 Å². The van der Waals surface area contributed by atoms with E-state index in [0.717, 1.165) is 33.6 Å². The molecule has 3 aromatic carbocycles. The summed E-state index contributed by atoms with van der Waals surface area (Å²) in [7, 11) is 1.70. The molecule has 4 aromatic rings. The molecular formula is C25H24O2. The first kappa shape index (κ1) is 17.4. The molecule has 0 aliphatic rings. The Balaban J connectivity index is 2.09. The zero-order valence-corrected chi connectivity index (χ0v) is 16.5. The molecular weight excluding hydrogens is 332 g/mol. The number of ether oxygens (including phenoxy) is 1. The highest BCUT2D eigenvalue weighted by Crippen LogP contribution is 2.44. The maximum absolute atomic E-state index is 6.57. The standard InChI is InChI=1S/C25H24O2/c1-15-14-16(2)18(4)23(17(15)3)25-20-11-7-6-10-19(20)24(27-25)21-12-8-9-13-22(21)26-5/h6-14H,1-5H3. The Kier molecular flexibility index (Phi) is 4.27. The molecule has 27 heavy (non-hydrogen) atoms. The van der Waals surface area contributed by atoms with E-state index in [-0.39, 0.29) is 0 Å². The number of furan rings is 1. The first-order valence-electron chi connectivity index (χ1n) is 9.25. The highest BCUT2D eigenvalue weighted by atomic mass is 16.5. The van der Waals surface area contributed by atoms with E-state index in [2.05, 4.69) is 64.1 Å². The number of hydrogen-bond acceptors (Lipinski definition) is 2. The molecule has 0 aliphatic carbocycles. The molecule has 4 rings (SSSR count). The Morgan fingerprint density at radius 3 is 1.89 bits per heavy atom. The van der Waals surface area contributed by atoms with Gasteiger partial charge in [0.15, 0.2) is 0 Å². The van der Waals surface area contributed by atoms with Crippen LogP contribution in [0.15, 0.2) is 59.0 Å². The quantitative estimate of drug-likeness (QED) is 0.394. The van der Waals surface area contributed by atoms with E-state index in [9.17, 15) is 0 Å². The first-order valence-corrected chi connectivity index (χ1v) is 9.25. The van der Waals surface area contributed by atoms with Gasteiger partial charge in [0.05, 0.1) is 12.7 Å². The fraction of sp³-hybridized carbons (Fsp3) is 0.200. The van der Waals surface area contributed by atoms with Crippen LogP contribution in [0.2, 0.25) is 0 Å². The highest BCUT2D eigenvalue weighted by Gasteiger charge is 2.21. The van der Waals surface area contributed by atoms with E-state index in [1.807, 2.05) is 18.2 Å². The van der Waals surface area contributed by atoms with Crippen LogP contribution >= 0.6 is 0 Å². The molecule has 136 valence electrons. The summed E-state index contributed by atoms with van der Waals surface area (Å²) in [5, 5.41) is 2.24. The van der Waals surface area contributed by atoms with E-state index in [1.165, 1.54) is 27.8 Å². The lowest BCUT2D eigenvalue weighted by atomic mass is 9.91. The summed E-state index contributed by atoms with van der Waals surface area (Å²) < 4.78 is 12.2. The normalized spacial score (nSPS) is 11.1. The van der Waals surface area contributed by atoms with Crippen molar-refractivity contribution in [1.29, 1.82) is 0 Å². The predicted molar refractivity (Wildman–Crippen MR) is 113 cm³/mol. The fourth-order valence-corrected chi connectivity index (χ4v) is 3.87. The average molecular weight is 356 g/mol. The molecule has 2 nitrogen and oxygen atoms in total. The number of rotatable bonds is 3. The number of methoxy groups -OCH3 is 1. The van der Waals surface area contributed by atoms with Crippen molar-refractivity contribution in [1.82, 2.24) is 0 Å². The minimum Gasteiger partial charge on any atom is -0.496 e. The molecule has 0 fully saturated rings. The Morgan fingerprint density at radius 2 is 1.26 bits per heavy atom. The number of para-hydroxylation sites is 1. The van der Waals surface area contributed by atoms with Gasteiger partial charge in [-0.25, -0.2) is 0 Å². The molecule has 1 heterocycles. The molecule has 0 unspecified atom stereocenters. The molecule has 1 aromatic heterocycles. The second-order valence-corrected chi connectivity index (χ2v) is 7.14. The summed E-state index contributed by atoms with van der Waals surface area (Å²) in [6.07, 6.45) is 0. The van der Waals surface area contributed by atoms with Crippen molar-refractivity contribution in [2.45, 2.75) is 27.7 Å². The van der Waals surface area contributed by atoms with Crippen LogP contribution in [0, 0.1) is 27.7 Å². The van der Waals surface area contributed by atoms with Gasteiger partial charge in [-0.2, -0.15) is 0 Å². The zero-order chi connectivity index (χ0) is 19.1. The monoisotopic (exact) mass is 356 g/mol.